The molecule has 1 amide bonds. The van der Waals surface area contributed by atoms with E-state index in [-0.39, 0.29) is 19.1 Å². The monoisotopic (exact) mass is 883 g/mol. The number of likely N-dealkylation sites (N-methyl/N-ethyl adjacent to an activating group) is 1. The fourth-order valence-electron chi connectivity index (χ4n) is 7.76. The lowest BCUT2D eigenvalue weighted by Gasteiger charge is -2.29. The van der Waals surface area contributed by atoms with Crippen molar-refractivity contribution >= 4 is 13.7 Å². The molecule has 0 aromatic heterocycles. The van der Waals surface area contributed by atoms with Gasteiger partial charge >= 0.3 is 0 Å². The standard InChI is InChI=1S/C52H103N2O6P/c1-6-8-10-12-14-16-17-18-19-20-21-22-23-24-25-26-27-28-29-30-31-32-33-34-35-36-37-38-39-41-43-45-51(55)50(49-60-61(57,58)59-48-47-54(3,4)5)53-52(56)46-44-42-40-15-13-11-9-7-2/h37-38,43,45,50-51,55H,6-36,39-42,44,46-49H2,1-5H3,(H-,53,56,57,58)/b38-37+,45-43+. The Labute approximate surface area is 379 Å². The van der Waals surface area contributed by atoms with Gasteiger partial charge in [-0.3, -0.25) is 9.36 Å². The highest BCUT2D eigenvalue weighted by molar-refractivity contribution is 7.45. The first-order chi connectivity index (χ1) is 29.5. The number of carbonyl (C=O) groups excluding carboxylic acids is 1. The number of nitrogens with one attached hydrogen (secondary N) is 1. The van der Waals surface area contributed by atoms with E-state index in [9.17, 15) is 19.4 Å². The van der Waals surface area contributed by atoms with Gasteiger partial charge in [0.05, 0.1) is 39.9 Å². The molecule has 3 atom stereocenters. The number of carbonyl (C=O) groups is 1. The van der Waals surface area contributed by atoms with Crippen molar-refractivity contribution in [2.75, 3.05) is 40.9 Å². The number of unbranched alkanes of at least 4 members (excludes halogenated alkanes) is 33. The van der Waals surface area contributed by atoms with E-state index in [1.807, 2.05) is 27.2 Å². The number of hydrogen-bond donors (Lipinski definition) is 2. The zero-order chi connectivity index (χ0) is 45.0. The van der Waals surface area contributed by atoms with E-state index in [0.717, 1.165) is 38.5 Å². The van der Waals surface area contributed by atoms with Crippen molar-refractivity contribution in [1.29, 1.82) is 0 Å². The van der Waals surface area contributed by atoms with Crippen molar-refractivity contribution in [3.05, 3.63) is 24.3 Å². The molecule has 3 unspecified atom stereocenters. The molecule has 0 saturated heterocycles. The highest BCUT2D eigenvalue weighted by atomic mass is 31.2. The molecule has 0 rings (SSSR count). The van der Waals surface area contributed by atoms with Gasteiger partial charge in [0.25, 0.3) is 7.82 Å². The number of nitrogens with zero attached hydrogens (tertiary/aromatic N) is 1. The van der Waals surface area contributed by atoms with E-state index in [4.69, 9.17) is 9.05 Å². The number of rotatable bonds is 48. The molecular formula is C52H103N2O6P. The van der Waals surface area contributed by atoms with Crippen LogP contribution < -0.4 is 10.2 Å². The van der Waals surface area contributed by atoms with E-state index in [2.05, 4.69) is 31.3 Å². The van der Waals surface area contributed by atoms with Gasteiger partial charge in [0.2, 0.25) is 5.91 Å². The van der Waals surface area contributed by atoms with E-state index >= 15 is 0 Å². The van der Waals surface area contributed by atoms with Crippen molar-refractivity contribution in [1.82, 2.24) is 5.32 Å². The predicted octanol–water partition coefficient (Wildman–Crippen LogP) is 14.6. The van der Waals surface area contributed by atoms with E-state index < -0.39 is 20.0 Å². The lowest BCUT2D eigenvalue weighted by Crippen LogP contribution is -2.45. The third kappa shape index (κ3) is 46.8. The molecule has 2 N–H and O–H groups in total. The van der Waals surface area contributed by atoms with Crippen molar-refractivity contribution in [2.24, 2.45) is 0 Å². The van der Waals surface area contributed by atoms with Crippen LogP contribution in [0.3, 0.4) is 0 Å². The summed E-state index contributed by atoms with van der Waals surface area (Å²) in [7, 11) is 1.25. The Morgan fingerprint density at radius 2 is 0.918 bits per heavy atom. The number of aliphatic hydroxyl groups excluding tert-OH is 1. The SMILES string of the molecule is CCCCCCCCCCCCCCCCCCCCCCCCCCC/C=C/CC/C=C/C(O)C(COP(=O)([O-])OCC[N+](C)(C)C)NC(=O)CCCCCCCCCC. The summed E-state index contributed by atoms with van der Waals surface area (Å²) in [6.07, 6.45) is 54.3. The third-order valence-corrected chi connectivity index (χ3v) is 12.9. The first-order valence-electron chi connectivity index (χ1n) is 26.2. The van der Waals surface area contributed by atoms with E-state index in [1.54, 1.807) is 6.08 Å². The highest BCUT2D eigenvalue weighted by Gasteiger charge is 2.23. The first-order valence-corrected chi connectivity index (χ1v) is 27.7. The van der Waals surface area contributed by atoms with Gasteiger partial charge in [-0.1, -0.05) is 237 Å². The number of allylic oxidation sites excluding steroid dienone is 3. The van der Waals surface area contributed by atoms with Crippen LogP contribution in [0.4, 0.5) is 0 Å². The maximum atomic E-state index is 12.8. The van der Waals surface area contributed by atoms with Gasteiger partial charge < -0.3 is 28.8 Å². The van der Waals surface area contributed by atoms with Crippen LogP contribution in [0.2, 0.25) is 0 Å². The van der Waals surface area contributed by atoms with Gasteiger partial charge in [-0.05, 0) is 32.1 Å². The molecule has 0 spiro atoms. The molecular weight excluding hydrogens is 780 g/mol. The van der Waals surface area contributed by atoms with Crippen molar-refractivity contribution in [3.8, 4) is 0 Å². The van der Waals surface area contributed by atoms with Gasteiger partial charge in [0, 0.05) is 6.42 Å². The van der Waals surface area contributed by atoms with Crippen LogP contribution in [0.5, 0.6) is 0 Å². The Bertz CT molecular complexity index is 1050. The van der Waals surface area contributed by atoms with Crippen molar-refractivity contribution in [3.63, 3.8) is 0 Å². The molecule has 0 heterocycles. The molecule has 0 aliphatic heterocycles. The maximum absolute atomic E-state index is 12.8. The minimum absolute atomic E-state index is 0.00456. The summed E-state index contributed by atoms with van der Waals surface area (Å²) >= 11 is 0. The van der Waals surface area contributed by atoms with Gasteiger partial charge in [-0.15, -0.1) is 0 Å². The second-order valence-corrected chi connectivity index (χ2v) is 20.6. The summed E-state index contributed by atoms with van der Waals surface area (Å²) in [5, 5.41) is 13.7. The smallest absolute Gasteiger partial charge is 0.268 e. The largest absolute Gasteiger partial charge is 0.756 e. The van der Waals surface area contributed by atoms with Crippen LogP contribution in [-0.2, 0) is 18.4 Å². The zero-order valence-electron chi connectivity index (χ0n) is 41.1. The van der Waals surface area contributed by atoms with Gasteiger partial charge in [-0.25, -0.2) is 0 Å². The lowest BCUT2D eigenvalue weighted by molar-refractivity contribution is -0.870. The fraction of sp³-hybridized carbons (Fsp3) is 0.904. The van der Waals surface area contributed by atoms with Gasteiger partial charge in [-0.2, -0.15) is 0 Å². The molecule has 0 aliphatic carbocycles. The molecule has 0 aromatic rings. The van der Waals surface area contributed by atoms with E-state index in [0.29, 0.717) is 17.4 Å². The van der Waals surface area contributed by atoms with E-state index in [1.165, 1.54) is 193 Å². The Balaban J connectivity index is 4.03. The molecule has 8 nitrogen and oxygen atoms in total. The molecule has 61 heavy (non-hydrogen) atoms. The average molecular weight is 883 g/mol. The van der Waals surface area contributed by atoms with Crippen molar-refractivity contribution in [2.45, 2.75) is 264 Å². The molecule has 0 saturated carbocycles. The summed E-state index contributed by atoms with van der Waals surface area (Å²) in [5.74, 6) is -0.211. The number of aliphatic hydroxyl groups is 1. The van der Waals surface area contributed by atoms with Crippen LogP contribution >= 0.6 is 7.82 Å². The second-order valence-electron chi connectivity index (χ2n) is 19.2. The van der Waals surface area contributed by atoms with Crippen LogP contribution in [0.25, 0.3) is 0 Å². The van der Waals surface area contributed by atoms with Crippen molar-refractivity contribution < 1.29 is 32.9 Å². The summed E-state index contributed by atoms with van der Waals surface area (Å²) in [5.41, 5.74) is 0. The quantitative estimate of drug-likeness (QED) is 0.0273. The maximum Gasteiger partial charge on any atom is 0.268 e. The molecule has 0 aliphatic rings. The minimum atomic E-state index is -4.59. The lowest BCUT2D eigenvalue weighted by atomic mass is 10.0. The Hall–Kier alpha value is -1.02. The Morgan fingerprint density at radius 1 is 0.557 bits per heavy atom. The highest BCUT2D eigenvalue weighted by Crippen LogP contribution is 2.38. The van der Waals surface area contributed by atoms with Gasteiger partial charge in [0.15, 0.2) is 0 Å². The molecule has 0 aromatic carbocycles. The average Bonchev–Trinajstić information content (AvgIpc) is 3.21. The van der Waals surface area contributed by atoms with Crippen LogP contribution in [0, 0.1) is 0 Å². The number of amides is 1. The minimum Gasteiger partial charge on any atom is -0.756 e. The topological polar surface area (TPSA) is 108 Å². The Kier molecular flexibility index (Phi) is 43.5. The number of quaternary nitrogens is 1. The first kappa shape index (κ1) is 60.0. The summed E-state index contributed by atoms with van der Waals surface area (Å²) < 4.78 is 23.2. The zero-order valence-corrected chi connectivity index (χ0v) is 42.0. The summed E-state index contributed by atoms with van der Waals surface area (Å²) in [6.45, 7) is 4.61. The fourth-order valence-corrected chi connectivity index (χ4v) is 8.48. The normalized spacial score (nSPS) is 14.3. The molecule has 362 valence electrons. The van der Waals surface area contributed by atoms with Crippen LogP contribution in [0.15, 0.2) is 24.3 Å². The molecule has 9 heteroatoms. The van der Waals surface area contributed by atoms with Crippen LogP contribution in [0.1, 0.15) is 251 Å². The second kappa shape index (κ2) is 44.2. The predicted molar refractivity (Wildman–Crippen MR) is 261 cm³/mol. The molecule has 0 bridgehead atoms. The Morgan fingerprint density at radius 3 is 1.33 bits per heavy atom. The number of hydrogen-bond acceptors (Lipinski definition) is 6. The van der Waals surface area contributed by atoms with Gasteiger partial charge in [0.1, 0.15) is 13.2 Å². The number of phosphoric ester groups is 1. The van der Waals surface area contributed by atoms with Crippen LogP contribution in [-0.4, -0.2) is 68.5 Å². The molecule has 0 radical (unpaired) electrons. The summed E-state index contributed by atoms with van der Waals surface area (Å²) in [6, 6.07) is -0.897. The molecule has 0 fully saturated rings. The third-order valence-electron chi connectivity index (χ3n) is 11.9. The summed E-state index contributed by atoms with van der Waals surface area (Å²) in [4.78, 5) is 25.2. The number of phosphoric acid groups is 1.